The van der Waals surface area contributed by atoms with Gasteiger partial charge in [-0.2, -0.15) is 4.98 Å². The lowest BCUT2D eigenvalue weighted by Crippen LogP contribution is -2.03. The first-order valence-corrected chi connectivity index (χ1v) is 8.28. The predicted octanol–water partition coefficient (Wildman–Crippen LogP) is 3.87. The first-order valence-electron chi connectivity index (χ1n) is 8.28. The first-order chi connectivity index (χ1) is 12.8. The van der Waals surface area contributed by atoms with Crippen molar-refractivity contribution in [3.63, 3.8) is 0 Å². The zero-order valence-corrected chi connectivity index (χ0v) is 13.8. The molecule has 6 nitrogen and oxygen atoms in total. The number of nitrogen functional groups attached to an aromatic ring is 1. The van der Waals surface area contributed by atoms with Gasteiger partial charge in [-0.25, -0.2) is 9.97 Å². The maximum atomic E-state index is 5.92. The lowest BCUT2D eigenvalue weighted by Gasteiger charge is -2.07. The van der Waals surface area contributed by atoms with Crippen LogP contribution >= 0.6 is 0 Å². The Bertz CT molecular complexity index is 1220. The number of rotatable bonds is 3. The van der Waals surface area contributed by atoms with Gasteiger partial charge in [0.25, 0.3) is 0 Å². The third-order valence-electron chi connectivity index (χ3n) is 4.40. The smallest absolute Gasteiger partial charge is 0.222 e. The topological polar surface area (TPSA) is 82.8 Å². The van der Waals surface area contributed by atoms with E-state index in [0.29, 0.717) is 29.2 Å². The van der Waals surface area contributed by atoms with E-state index in [4.69, 9.17) is 10.2 Å². The van der Waals surface area contributed by atoms with Crippen molar-refractivity contribution in [1.29, 1.82) is 0 Å². The van der Waals surface area contributed by atoms with E-state index in [1.165, 1.54) is 16.3 Å². The molecule has 0 bridgehead atoms. The average molecular weight is 341 g/mol. The minimum atomic E-state index is 0.198. The highest BCUT2D eigenvalue weighted by Gasteiger charge is 2.15. The average Bonchev–Trinajstić information content (AvgIpc) is 3.32. The molecule has 0 aliphatic heterocycles. The minimum Gasteiger partial charge on any atom is -0.463 e. The van der Waals surface area contributed by atoms with Crippen molar-refractivity contribution in [3.05, 3.63) is 72.8 Å². The molecule has 5 rings (SSSR count). The molecule has 5 aromatic rings. The summed E-state index contributed by atoms with van der Waals surface area (Å²) in [6, 6.07) is 18.4. The number of anilines is 1. The van der Waals surface area contributed by atoms with Crippen molar-refractivity contribution in [2.75, 3.05) is 5.73 Å². The zero-order chi connectivity index (χ0) is 17.5. The van der Waals surface area contributed by atoms with E-state index in [2.05, 4.69) is 45.3 Å². The van der Waals surface area contributed by atoms with Gasteiger partial charge in [0.2, 0.25) is 5.95 Å². The second-order valence-electron chi connectivity index (χ2n) is 6.13. The van der Waals surface area contributed by atoms with Gasteiger partial charge in [-0.15, -0.1) is 0 Å². The van der Waals surface area contributed by atoms with E-state index in [1.807, 2.05) is 28.8 Å². The Morgan fingerprint density at radius 3 is 2.69 bits per heavy atom. The van der Waals surface area contributed by atoms with E-state index >= 15 is 0 Å². The number of benzene rings is 2. The lowest BCUT2D eigenvalue weighted by atomic mass is 10.1. The van der Waals surface area contributed by atoms with Gasteiger partial charge < -0.3 is 14.7 Å². The fourth-order valence-electron chi connectivity index (χ4n) is 3.20. The molecule has 0 atom stereocenters. The van der Waals surface area contributed by atoms with Crippen molar-refractivity contribution < 1.29 is 4.42 Å². The van der Waals surface area contributed by atoms with Gasteiger partial charge in [0.05, 0.1) is 19.1 Å². The van der Waals surface area contributed by atoms with Crippen LogP contribution in [0.5, 0.6) is 0 Å². The first kappa shape index (κ1) is 14.7. The Labute approximate surface area is 148 Å². The number of furan rings is 1. The summed E-state index contributed by atoms with van der Waals surface area (Å²) >= 11 is 0. The van der Waals surface area contributed by atoms with Crippen molar-refractivity contribution in [2.45, 2.75) is 6.54 Å². The molecule has 2 aromatic carbocycles. The normalized spacial score (nSPS) is 11.4. The number of aromatic nitrogens is 4. The summed E-state index contributed by atoms with van der Waals surface area (Å²) in [5.74, 6) is 0.823. The zero-order valence-electron chi connectivity index (χ0n) is 13.8. The number of hydrogen-bond acceptors (Lipinski definition) is 5. The number of imidazole rings is 1. The molecule has 0 amide bonds. The Morgan fingerprint density at radius 1 is 0.962 bits per heavy atom. The second kappa shape index (κ2) is 5.70. The van der Waals surface area contributed by atoms with Crippen LogP contribution in [-0.2, 0) is 6.54 Å². The summed E-state index contributed by atoms with van der Waals surface area (Å²) in [4.78, 5) is 13.2. The van der Waals surface area contributed by atoms with Crippen LogP contribution in [0.3, 0.4) is 0 Å². The fraction of sp³-hybridized carbons (Fsp3) is 0.0500. The van der Waals surface area contributed by atoms with Gasteiger partial charge in [-0.1, -0.05) is 36.4 Å². The fourth-order valence-corrected chi connectivity index (χ4v) is 3.20. The molecule has 0 unspecified atom stereocenters. The quantitative estimate of drug-likeness (QED) is 0.538. The van der Waals surface area contributed by atoms with Crippen molar-refractivity contribution in [3.8, 4) is 11.5 Å². The van der Waals surface area contributed by atoms with E-state index in [9.17, 15) is 0 Å². The summed E-state index contributed by atoms with van der Waals surface area (Å²) in [5.41, 5.74) is 9.06. The third kappa shape index (κ3) is 2.39. The van der Waals surface area contributed by atoms with Crippen LogP contribution in [-0.4, -0.2) is 19.5 Å². The molecule has 3 heterocycles. The van der Waals surface area contributed by atoms with Crippen LogP contribution < -0.4 is 5.73 Å². The van der Waals surface area contributed by atoms with Gasteiger partial charge >= 0.3 is 0 Å². The molecule has 0 aliphatic rings. The number of nitrogens with two attached hydrogens (primary N) is 1. The molecule has 126 valence electrons. The molecule has 26 heavy (non-hydrogen) atoms. The van der Waals surface area contributed by atoms with Crippen molar-refractivity contribution in [1.82, 2.24) is 19.5 Å². The van der Waals surface area contributed by atoms with Gasteiger partial charge in [0.1, 0.15) is 11.2 Å². The highest BCUT2D eigenvalue weighted by atomic mass is 16.3. The van der Waals surface area contributed by atoms with Crippen LogP contribution in [0, 0.1) is 0 Å². The van der Waals surface area contributed by atoms with Gasteiger partial charge in [0.15, 0.2) is 11.4 Å². The molecule has 0 radical (unpaired) electrons. The number of hydrogen-bond donors (Lipinski definition) is 1. The van der Waals surface area contributed by atoms with Crippen LogP contribution in [0.4, 0.5) is 5.95 Å². The molecule has 0 aliphatic carbocycles. The second-order valence-corrected chi connectivity index (χ2v) is 6.13. The van der Waals surface area contributed by atoms with E-state index in [1.54, 1.807) is 12.6 Å². The van der Waals surface area contributed by atoms with Crippen LogP contribution in [0.15, 0.2) is 71.6 Å². The highest BCUT2D eigenvalue weighted by Crippen LogP contribution is 2.26. The SMILES string of the molecule is Nc1nc(-c2ccco2)c2ncn(Cc3ccc4ccccc4c3)c2n1. The Hall–Kier alpha value is -3.67. The molecular weight excluding hydrogens is 326 g/mol. The third-order valence-corrected chi connectivity index (χ3v) is 4.40. The predicted molar refractivity (Wildman–Crippen MR) is 100 cm³/mol. The molecular formula is C20H15N5O. The molecule has 3 aromatic heterocycles. The lowest BCUT2D eigenvalue weighted by molar-refractivity contribution is 0.580. The molecule has 0 spiro atoms. The molecule has 0 saturated heterocycles. The van der Waals surface area contributed by atoms with Crippen LogP contribution in [0.25, 0.3) is 33.4 Å². The van der Waals surface area contributed by atoms with Crippen molar-refractivity contribution >= 4 is 27.9 Å². The summed E-state index contributed by atoms with van der Waals surface area (Å²) in [6.07, 6.45) is 3.37. The standard InChI is InChI=1S/C20H15N5O/c21-20-23-17(16-6-3-9-26-16)18-19(24-20)25(12-22-18)11-13-7-8-14-4-1-2-5-15(14)10-13/h1-10,12H,11H2,(H2,21,23,24). The Kier molecular flexibility index (Phi) is 3.21. The molecule has 0 fully saturated rings. The monoisotopic (exact) mass is 341 g/mol. The minimum absolute atomic E-state index is 0.198. The van der Waals surface area contributed by atoms with Gasteiger partial charge in [0, 0.05) is 0 Å². The Morgan fingerprint density at radius 2 is 1.85 bits per heavy atom. The van der Waals surface area contributed by atoms with Crippen molar-refractivity contribution in [2.24, 2.45) is 0 Å². The Balaban J connectivity index is 1.61. The summed E-state index contributed by atoms with van der Waals surface area (Å²) in [6.45, 7) is 0.648. The molecule has 6 heteroatoms. The van der Waals surface area contributed by atoms with Crippen LogP contribution in [0.1, 0.15) is 5.56 Å². The summed E-state index contributed by atoms with van der Waals surface area (Å²) in [5, 5.41) is 2.43. The number of nitrogens with zero attached hydrogens (tertiary/aromatic N) is 4. The van der Waals surface area contributed by atoms with E-state index in [0.717, 1.165) is 0 Å². The molecule has 2 N–H and O–H groups in total. The largest absolute Gasteiger partial charge is 0.463 e. The summed E-state index contributed by atoms with van der Waals surface area (Å²) in [7, 11) is 0. The molecule has 0 saturated carbocycles. The van der Waals surface area contributed by atoms with E-state index < -0.39 is 0 Å². The van der Waals surface area contributed by atoms with Crippen LogP contribution in [0.2, 0.25) is 0 Å². The van der Waals surface area contributed by atoms with Gasteiger partial charge in [-0.05, 0) is 34.5 Å². The van der Waals surface area contributed by atoms with Gasteiger partial charge in [-0.3, -0.25) is 0 Å². The van der Waals surface area contributed by atoms with E-state index in [-0.39, 0.29) is 5.95 Å². The number of fused-ring (bicyclic) bond motifs is 2. The maximum Gasteiger partial charge on any atom is 0.222 e. The highest BCUT2D eigenvalue weighted by molar-refractivity contribution is 5.87. The maximum absolute atomic E-state index is 5.92. The summed E-state index contributed by atoms with van der Waals surface area (Å²) < 4.78 is 7.44.